The van der Waals surface area contributed by atoms with Crippen LogP contribution in [0.5, 0.6) is 0 Å². The summed E-state index contributed by atoms with van der Waals surface area (Å²) in [6.45, 7) is 1.70. The summed E-state index contributed by atoms with van der Waals surface area (Å²) in [6, 6.07) is 5.67. The number of rotatable bonds is 3. The topological polar surface area (TPSA) is 41.1 Å². The van der Waals surface area contributed by atoms with Gasteiger partial charge in [0.25, 0.3) is 5.91 Å². The summed E-state index contributed by atoms with van der Waals surface area (Å²) in [5, 5.41) is 6.79. The van der Waals surface area contributed by atoms with Gasteiger partial charge in [-0.25, -0.2) is 0 Å². The molecule has 0 aromatic heterocycles. The molecule has 1 heterocycles. The van der Waals surface area contributed by atoms with Crippen molar-refractivity contribution in [3.63, 3.8) is 0 Å². The molecule has 18 heavy (non-hydrogen) atoms. The van der Waals surface area contributed by atoms with E-state index in [9.17, 15) is 4.79 Å². The molecule has 1 fully saturated rings. The second kappa shape index (κ2) is 6.55. The average molecular weight is 332 g/mol. The Morgan fingerprint density at radius 3 is 3.00 bits per heavy atom. The van der Waals surface area contributed by atoms with E-state index in [0.29, 0.717) is 23.2 Å². The molecule has 0 aliphatic carbocycles. The van der Waals surface area contributed by atoms with E-state index in [0.717, 1.165) is 17.4 Å². The Morgan fingerprint density at radius 1 is 1.50 bits per heavy atom. The van der Waals surface area contributed by atoms with Gasteiger partial charge in [0, 0.05) is 17.1 Å². The Balaban J connectivity index is 1.90. The van der Waals surface area contributed by atoms with Gasteiger partial charge in [-0.05, 0) is 37.6 Å². The Kier molecular flexibility index (Phi) is 5.03. The van der Waals surface area contributed by atoms with E-state index in [1.165, 1.54) is 12.8 Å². The fourth-order valence-corrected chi connectivity index (χ4v) is 2.84. The molecule has 0 saturated carbocycles. The first-order valence-electron chi connectivity index (χ1n) is 6.13. The van der Waals surface area contributed by atoms with Gasteiger partial charge in [0.15, 0.2) is 0 Å². The summed E-state index contributed by atoms with van der Waals surface area (Å²) in [5.41, 5.74) is 0.524. The van der Waals surface area contributed by atoms with Gasteiger partial charge in [-0.3, -0.25) is 4.79 Å². The zero-order valence-electron chi connectivity index (χ0n) is 10.0. The van der Waals surface area contributed by atoms with Crippen LogP contribution in [0.3, 0.4) is 0 Å². The quantitative estimate of drug-likeness (QED) is 0.894. The minimum atomic E-state index is -0.111. The van der Waals surface area contributed by atoms with Gasteiger partial charge >= 0.3 is 0 Å². The second-order valence-corrected chi connectivity index (χ2v) is 5.80. The predicted molar refractivity (Wildman–Crippen MR) is 77.1 cm³/mol. The minimum Gasteiger partial charge on any atom is -0.350 e. The molecular formula is C13H16BrClN2O. The number of halogens is 2. The molecule has 2 N–H and O–H groups in total. The number of nitrogens with one attached hydrogen (secondary N) is 2. The summed E-state index contributed by atoms with van der Waals surface area (Å²) in [6.07, 6.45) is 3.57. The third-order valence-corrected chi connectivity index (χ3v) is 3.90. The highest BCUT2D eigenvalue weighted by molar-refractivity contribution is 9.10. The molecule has 1 aliphatic rings. The van der Waals surface area contributed by atoms with Crippen LogP contribution in [0, 0.1) is 0 Å². The molecule has 1 aromatic carbocycles. The molecule has 0 radical (unpaired) electrons. The molecule has 98 valence electrons. The molecular weight excluding hydrogens is 316 g/mol. The van der Waals surface area contributed by atoms with Crippen LogP contribution in [0.1, 0.15) is 29.6 Å². The Bertz CT molecular complexity index is 433. The molecule has 5 heteroatoms. The maximum Gasteiger partial charge on any atom is 0.252 e. The fraction of sp³-hybridized carbons (Fsp3) is 0.462. The van der Waals surface area contributed by atoms with Crippen molar-refractivity contribution in [1.82, 2.24) is 10.6 Å². The van der Waals surface area contributed by atoms with Gasteiger partial charge in [-0.2, -0.15) is 0 Å². The first-order valence-corrected chi connectivity index (χ1v) is 7.30. The van der Waals surface area contributed by atoms with Gasteiger partial charge in [0.05, 0.1) is 10.6 Å². The lowest BCUT2D eigenvalue weighted by atomic mass is 10.1. The largest absolute Gasteiger partial charge is 0.350 e. The number of carbonyl (C=O) groups is 1. The number of hydrogen-bond acceptors (Lipinski definition) is 2. The van der Waals surface area contributed by atoms with Crippen LogP contribution in [0.15, 0.2) is 22.7 Å². The second-order valence-electron chi connectivity index (χ2n) is 4.48. The lowest BCUT2D eigenvalue weighted by Crippen LogP contribution is -2.43. The van der Waals surface area contributed by atoms with Gasteiger partial charge in [-0.15, -0.1) is 0 Å². The van der Waals surface area contributed by atoms with Crippen molar-refractivity contribution in [2.75, 3.05) is 13.1 Å². The molecule has 1 amide bonds. The van der Waals surface area contributed by atoms with Crippen LogP contribution < -0.4 is 10.6 Å². The number of amides is 1. The molecule has 0 bridgehead atoms. The monoisotopic (exact) mass is 330 g/mol. The molecule has 0 spiro atoms. The Labute approximate surface area is 120 Å². The SMILES string of the molecule is O=C(NCC1CCCCN1)c1ccc(Br)cc1Cl. The van der Waals surface area contributed by atoms with Crippen LogP contribution in [0.2, 0.25) is 5.02 Å². The lowest BCUT2D eigenvalue weighted by Gasteiger charge is -2.23. The van der Waals surface area contributed by atoms with Crippen molar-refractivity contribution in [2.45, 2.75) is 25.3 Å². The normalized spacial score (nSPS) is 19.6. The van der Waals surface area contributed by atoms with Crippen LogP contribution >= 0.6 is 27.5 Å². The van der Waals surface area contributed by atoms with E-state index in [1.54, 1.807) is 12.1 Å². The van der Waals surface area contributed by atoms with Crippen molar-refractivity contribution in [3.8, 4) is 0 Å². The number of hydrogen-bond donors (Lipinski definition) is 2. The maximum absolute atomic E-state index is 12.0. The molecule has 3 nitrogen and oxygen atoms in total. The van der Waals surface area contributed by atoms with Crippen molar-refractivity contribution in [2.24, 2.45) is 0 Å². The molecule has 1 atom stereocenters. The van der Waals surface area contributed by atoms with Crippen molar-refractivity contribution in [1.29, 1.82) is 0 Å². The Morgan fingerprint density at radius 2 is 2.33 bits per heavy atom. The van der Waals surface area contributed by atoms with Gasteiger partial charge in [0.1, 0.15) is 0 Å². The van der Waals surface area contributed by atoms with Crippen LogP contribution in [-0.4, -0.2) is 25.0 Å². The zero-order valence-corrected chi connectivity index (χ0v) is 12.4. The summed E-state index contributed by atoms with van der Waals surface area (Å²) in [4.78, 5) is 12.0. The van der Waals surface area contributed by atoms with E-state index in [1.807, 2.05) is 6.07 Å². The van der Waals surface area contributed by atoms with E-state index in [2.05, 4.69) is 26.6 Å². The lowest BCUT2D eigenvalue weighted by molar-refractivity contribution is 0.0948. The number of benzene rings is 1. The summed E-state index contributed by atoms with van der Waals surface area (Å²) in [7, 11) is 0. The third kappa shape index (κ3) is 3.70. The van der Waals surface area contributed by atoms with E-state index in [4.69, 9.17) is 11.6 Å². The molecule has 2 rings (SSSR count). The van der Waals surface area contributed by atoms with E-state index >= 15 is 0 Å². The first kappa shape index (κ1) is 13.8. The average Bonchev–Trinajstić information content (AvgIpc) is 2.37. The third-order valence-electron chi connectivity index (χ3n) is 3.10. The minimum absolute atomic E-state index is 0.111. The first-order chi connectivity index (χ1) is 8.66. The predicted octanol–water partition coefficient (Wildman–Crippen LogP) is 2.97. The highest BCUT2D eigenvalue weighted by atomic mass is 79.9. The van der Waals surface area contributed by atoms with E-state index < -0.39 is 0 Å². The molecule has 1 aromatic rings. The van der Waals surface area contributed by atoms with Gasteiger partial charge < -0.3 is 10.6 Å². The molecule has 1 unspecified atom stereocenters. The fourth-order valence-electron chi connectivity index (χ4n) is 2.08. The number of piperidine rings is 1. The maximum atomic E-state index is 12.0. The molecule has 1 saturated heterocycles. The smallest absolute Gasteiger partial charge is 0.252 e. The van der Waals surface area contributed by atoms with Gasteiger partial charge in [0.2, 0.25) is 0 Å². The number of carbonyl (C=O) groups excluding carboxylic acids is 1. The Hall–Kier alpha value is -0.580. The summed E-state index contributed by atoms with van der Waals surface area (Å²) < 4.78 is 0.873. The highest BCUT2D eigenvalue weighted by Crippen LogP contribution is 2.21. The summed E-state index contributed by atoms with van der Waals surface area (Å²) >= 11 is 9.36. The van der Waals surface area contributed by atoms with Gasteiger partial charge in [-0.1, -0.05) is 34.0 Å². The highest BCUT2D eigenvalue weighted by Gasteiger charge is 2.15. The molecule has 1 aliphatic heterocycles. The van der Waals surface area contributed by atoms with Crippen LogP contribution in [0.25, 0.3) is 0 Å². The van der Waals surface area contributed by atoms with Crippen molar-refractivity contribution in [3.05, 3.63) is 33.3 Å². The van der Waals surface area contributed by atoms with Crippen LogP contribution in [0.4, 0.5) is 0 Å². The van der Waals surface area contributed by atoms with Crippen molar-refractivity contribution < 1.29 is 4.79 Å². The zero-order chi connectivity index (χ0) is 13.0. The van der Waals surface area contributed by atoms with E-state index in [-0.39, 0.29) is 5.91 Å². The standard InChI is InChI=1S/C13H16BrClN2O/c14-9-4-5-11(12(15)7-9)13(18)17-8-10-3-1-2-6-16-10/h4-5,7,10,16H,1-3,6,8H2,(H,17,18). The van der Waals surface area contributed by atoms with Crippen molar-refractivity contribution >= 4 is 33.4 Å². The summed E-state index contributed by atoms with van der Waals surface area (Å²) in [5.74, 6) is -0.111. The van der Waals surface area contributed by atoms with Crippen LogP contribution in [-0.2, 0) is 0 Å².